The second-order valence-corrected chi connectivity index (χ2v) is 7.15. The minimum absolute atomic E-state index is 0.121. The summed E-state index contributed by atoms with van der Waals surface area (Å²) in [6.45, 7) is 4.43. The van der Waals surface area contributed by atoms with Crippen LogP contribution in [0, 0.1) is 0 Å². The molecule has 24 heavy (non-hydrogen) atoms. The van der Waals surface area contributed by atoms with E-state index in [1.165, 1.54) is 38.5 Å². The zero-order valence-corrected chi connectivity index (χ0v) is 14.3. The van der Waals surface area contributed by atoms with E-state index in [1.54, 1.807) is 0 Å². The van der Waals surface area contributed by atoms with Crippen LogP contribution in [0.25, 0.3) is 10.8 Å². The fourth-order valence-electron chi connectivity index (χ4n) is 4.26. The molecule has 3 heterocycles. The van der Waals surface area contributed by atoms with Gasteiger partial charge in [-0.15, -0.1) is 0 Å². The highest BCUT2D eigenvalue weighted by Gasteiger charge is 2.32. The molecule has 0 bridgehead atoms. The number of benzene rings is 1. The highest BCUT2D eigenvalue weighted by atomic mass is 16.3. The van der Waals surface area contributed by atoms with Crippen LogP contribution in [0.4, 0.5) is 0 Å². The third-order valence-corrected chi connectivity index (χ3v) is 5.52. The largest absolute Gasteiger partial charge is 0.505 e. The molecule has 2 fully saturated rings. The second kappa shape index (κ2) is 7.08. The van der Waals surface area contributed by atoms with Gasteiger partial charge in [0, 0.05) is 43.1 Å². The molecular weight excluding hydrogens is 298 g/mol. The molecule has 0 unspecified atom stereocenters. The lowest BCUT2D eigenvalue weighted by atomic mass is 10.0. The van der Waals surface area contributed by atoms with E-state index in [2.05, 4.69) is 9.80 Å². The molecule has 0 aliphatic carbocycles. The minimum Gasteiger partial charge on any atom is -0.505 e. The molecule has 4 rings (SSSR count). The first-order valence-corrected chi connectivity index (χ1v) is 9.39. The summed E-state index contributed by atoms with van der Waals surface area (Å²) < 4.78 is 0. The first kappa shape index (κ1) is 15.9. The highest BCUT2D eigenvalue weighted by molar-refractivity contribution is 5.88. The lowest BCUT2D eigenvalue weighted by Crippen LogP contribution is -2.46. The van der Waals surface area contributed by atoms with Gasteiger partial charge >= 0.3 is 0 Å². The summed E-state index contributed by atoms with van der Waals surface area (Å²) in [4.78, 5) is 9.79. The number of piperidine rings is 2. The van der Waals surface area contributed by atoms with Gasteiger partial charge in [0.05, 0.1) is 0 Å². The average molecular weight is 325 g/mol. The highest BCUT2D eigenvalue weighted by Crippen LogP contribution is 2.37. The summed E-state index contributed by atoms with van der Waals surface area (Å²) in [5.74, 6) is 0.370. The van der Waals surface area contributed by atoms with Crippen molar-refractivity contribution in [2.24, 2.45) is 0 Å². The first-order chi connectivity index (χ1) is 11.8. The van der Waals surface area contributed by atoms with Crippen LogP contribution >= 0.6 is 0 Å². The molecule has 4 nitrogen and oxygen atoms in total. The fraction of sp³-hybridized carbons (Fsp3) is 0.550. The fourth-order valence-corrected chi connectivity index (χ4v) is 4.26. The number of nitrogens with zero attached hydrogens (tertiary/aromatic N) is 3. The number of likely N-dealkylation sites (tertiary alicyclic amines) is 2. The molecule has 1 aromatic heterocycles. The van der Waals surface area contributed by atoms with Crippen molar-refractivity contribution in [3.05, 3.63) is 36.2 Å². The van der Waals surface area contributed by atoms with E-state index in [9.17, 15) is 5.11 Å². The van der Waals surface area contributed by atoms with E-state index >= 15 is 0 Å². The standard InChI is InChI=1S/C20H27N3O/c24-19-17-10-4-3-9-16(17)15-21-18(19)20(22-11-5-1-6-12-22)23-13-7-2-8-14-23/h3-4,9-10,15,20,24H,1-2,5-8,11-14H2. The molecular formula is C20H27N3O. The number of hydrogen-bond donors (Lipinski definition) is 1. The molecule has 0 radical (unpaired) electrons. The van der Waals surface area contributed by atoms with Crippen molar-refractivity contribution in [2.45, 2.75) is 44.7 Å². The lowest BCUT2D eigenvalue weighted by molar-refractivity contribution is 0.0117. The van der Waals surface area contributed by atoms with E-state index in [1.807, 2.05) is 30.5 Å². The summed E-state index contributed by atoms with van der Waals surface area (Å²) in [5.41, 5.74) is 0.845. The molecule has 0 saturated carbocycles. The van der Waals surface area contributed by atoms with E-state index in [0.717, 1.165) is 42.6 Å². The second-order valence-electron chi connectivity index (χ2n) is 7.15. The normalized spacial score (nSPS) is 20.7. The van der Waals surface area contributed by atoms with Crippen LogP contribution in [0.5, 0.6) is 5.75 Å². The van der Waals surface area contributed by atoms with Gasteiger partial charge in [-0.25, -0.2) is 0 Å². The van der Waals surface area contributed by atoms with Crippen molar-refractivity contribution in [1.29, 1.82) is 0 Å². The van der Waals surface area contributed by atoms with Crippen LogP contribution in [0.15, 0.2) is 30.5 Å². The number of hydrogen-bond acceptors (Lipinski definition) is 4. The van der Waals surface area contributed by atoms with Crippen LogP contribution in [0.1, 0.15) is 50.4 Å². The number of rotatable bonds is 3. The van der Waals surface area contributed by atoms with E-state index < -0.39 is 0 Å². The van der Waals surface area contributed by atoms with Gasteiger partial charge in [-0.05, 0) is 25.7 Å². The Bertz CT molecular complexity index is 672. The molecule has 1 aromatic carbocycles. The maximum Gasteiger partial charge on any atom is 0.147 e. The molecule has 0 amide bonds. The van der Waals surface area contributed by atoms with Crippen molar-refractivity contribution >= 4 is 10.8 Å². The third kappa shape index (κ3) is 3.01. The molecule has 2 aromatic rings. The minimum atomic E-state index is 0.121. The van der Waals surface area contributed by atoms with Gasteiger partial charge in [0.2, 0.25) is 0 Å². The monoisotopic (exact) mass is 325 g/mol. The van der Waals surface area contributed by atoms with Crippen molar-refractivity contribution in [1.82, 2.24) is 14.8 Å². The summed E-state index contributed by atoms with van der Waals surface area (Å²) >= 11 is 0. The number of aromatic hydroxyl groups is 1. The van der Waals surface area contributed by atoms with Gasteiger partial charge in [-0.2, -0.15) is 0 Å². The Kier molecular flexibility index (Phi) is 4.67. The van der Waals surface area contributed by atoms with Crippen molar-refractivity contribution < 1.29 is 5.11 Å². The molecule has 1 N–H and O–H groups in total. The van der Waals surface area contributed by atoms with Gasteiger partial charge in [0.15, 0.2) is 0 Å². The van der Waals surface area contributed by atoms with Crippen LogP contribution < -0.4 is 0 Å². The zero-order chi connectivity index (χ0) is 16.4. The Hall–Kier alpha value is -1.65. The molecule has 2 saturated heterocycles. The third-order valence-electron chi connectivity index (χ3n) is 5.52. The van der Waals surface area contributed by atoms with Crippen LogP contribution in [0.3, 0.4) is 0 Å². The zero-order valence-electron chi connectivity index (χ0n) is 14.3. The molecule has 128 valence electrons. The van der Waals surface area contributed by atoms with Gasteiger partial charge in [-0.1, -0.05) is 37.1 Å². The Morgan fingerprint density at radius 3 is 2.04 bits per heavy atom. The summed E-state index contributed by atoms with van der Waals surface area (Å²) in [5, 5.41) is 12.9. The molecule has 0 atom stereocenters. The molecule has 0 spiro atoms. The first-order valence-electron chi connectivity index (χ1n) is 9.39. The van der Waals surface area contributed by atoms with E-state index in [4.69, 9.17) is 4.98 Å². The van der Waals surface area contributed by atoms with Crippen LogP contribution in [-0.4, -0.2) is 46.1 Å². The lowest BCUT2D eigenvalue weighted by Gasteiger charge is -2.42. The quantitative estimate of drug-likeness (QED) is 0.929. The number of aromatic nitrogens is 1. The predicted octanol–water partition coefficient (Wildman–Crippen LogP) is 3.91. The molecule has 2 aliphatic heterocycles. The summed E-state index contributed by atoms with van der Waals surface area (Å²) in [6.07, 6.45) is 9.68. The Balaban J connectivity index is 1.75. The van der Waals surface area contributed by atoms with Crippen molar-refractivity contribution in [3.63, 3.8) is 0 Å². The van der Waals surface area contributed by atoms with Crippen LogP contribution in [0.2, 0.25) is 0 Å². The summed E-state index contributed by atoms with van der Waals surface area (Å²) in [6, 6.07) is 8.00. The van der Waals surface area contributed by atoms with Gasteiger partial charge < -0.3 is 5.11 Å². The van der Waals surface area contributed by atoms with Crippen molar-refractivity contribution in [3.8, 4) is 5.75 Å². The van der Waals surface area contributed by atoms with Gasteiger partial charge in [0.1, 0.15) is 17.6 Å². The van der Waals surface area contributed by atoms with E-state index in [0.29, 0.717) is 5.75 Å². The smallest absolute Gasteiger partial charge is 0.147 e. The maximum atomic E-state index is 11.0. The van der Waals surface area contributed by atoms with Gasteiger partial charge in [-0.3, -0.25) is 14.8 Å². The Labute approximate surface area is 144 Å². The predicted molar refractivity (Wildman–Crippen MR) is 97.0 cm³/mol. The average Bonchev–Trinajstić information content (AvgIpc) is 2.66. The van der Waals surface area contributed by atoms with Gasteiger partial charge in [0.25, 0.3) is 0 Å². The number of fused-ring (bicyclic) bond motifs is 1. The maximum absolute atomic E-state index is 11.0. The number of pyridine rings is 1. The Morgan fingerprint density at radius 1 is 0.833 bits per heavy atom. The topological polar surface area (TPSA) is 39.6 Å². The van der Waals surface area contributed by atoms with E-state index in [-0.39, 0.29) is 6.17 Å². The SMILES string of the molecule is Oc1c(C(N2CCCCC2)N2CCCCC2)ncc2ccccc12. The molecule has 2 aliphatic rings. The van der Waals surface area contributed by atoms with Crippen LogP contribution in [-0.2, 0) is 0 Å². The van der Waals surface area contributed by atoms with Crippen molar-refractivity contribution in [2.75, 3.05) is 26.2 Å². The molecule has 4 heteroatoms. The Morgan fingerprint density at radius 2 is 1.42 bits per heavy atom. The summed E-state index contributed by atoms with van der Waals surface area (Å²) in [7, 11) is 0.